The van der Waals surface area contributed by atoms with E-state index in [-0.39, 0.29) is 35.1 Å². The molecule has 1 heterocycles. The van der Waals surface area contributed by atoms with Crippen molar-refractivity contribution in [3.8, 4) is 0 Å². The number of amides is 1. The van der Waals surface area contributed by atoms with Crippen LogP contribution in [0.2, 0.25) is 0 Å². The molecule has 0 aliphatic heterocycles. The molecule has 148 valence electrons. The SMILES string of the molecule is C=CCOC(=O)c1sc(NC(=O)Cc2ccc(F)cc2)c(C(=O)OCC)c1C. The van der Waals surface area contributed by atoms with Gasteiger partial charge in [0.15, 0.2) is 0 Å². The Hall–Kier alpha value is -3.00. The molecule has 2 rings (SSSR count). The minimum absolute atomic E-state index is 0.0181. The second-order valence-corrected chi connectivity index (χ2v) is 6.74. The Kier molecular flexibility index (Phi) is 7.45. The smallest absolute Gasteiger partial charge is 0.348 e. The molecule has 1 amide bonds. The molecule has 0 aliphatic rings. The summed E-state index contributed by atoms with van der Waals surface area (Å²) in [5.41, 5.74) is 1.09. The number of carbonyl (C=O) groups excluding carboxylic acids is 3. The molecule has 1 aromatic carbocycles. The first kappa shape index (κ1) is 21.3. The number of halogens is 1. The first-order valence-corrected chi connectivity index (χ1v) is 9.31. The summed E-state index contributed by atoms with van der Waals surface area (Å²) >= 11 is 0.939. The first-order chi connectivity index (χ1) is 13.4. The number of benzene rings is 1. The van der Waals surface area contributed by atoms with E-state index in [1.807, 2.05) is 0 Å². The number of thiophene rings is 1. The van der Waals surface area contributed by atoms with Gasteiger partial charge < -0.3 is 14.8 Å². The quantitative estimate of drug-likeness (QED) is 0.532. The van der Waals surface area contributed by atoms with Gasteiger partial charge in [-0.25, -0.2) is 14.0 Å². The summed E-state index contributed by atoms with van der Waals surface area (Å²) in [7, 11) is 0. The Morgan fingerprint density at radius 3 is 2.46 bits per heavy atom. The summed E-state index contributed by atoms with van der Waals surface area (Å²) in [5, 5.41) is 2.84. The van der Waals surface area contributed by atoms with E-state index in [4.69, 9.17) is 9.47 Å². The number of esters is 2. The van der Waals surface area contributed by atoms with Gasteiger partial charge in [-0.1, -0.05) is 24.8 Å². The van der Waals surface area contributed by atoms with Crippen molar-refractivity contribution in [1.29, 1.82) is 0 Å². The van der Waals surface area contributed by atoms with Crippen molar-refractivity contribution in [3.63, 3.8) is 0 Å². The summed E-state index contributed by atoms with van der Waals surface area (Å²) in [4.78, 5) is 37.1. The van der Waals surface area contributed by atoms with Crippen LogP contribution in [0.5, 0.6) is 0 Å². The van der Waals surface area contributed by atoms with Gasteiger partial charge in [0.2, 0.25) is 5.91 Å². The number of ether oxygens (including phenoxy) is 2. The highest BCUT2D eigenvalue weighted by atomic mass is 32.1. The van der Waals surface area contributed by atoms with E-state index in [2.05, 4.69) is 11.9 Å². The van der Waals surface area contributed by atoms with Crippen LogP contribution < -0.4 is 5.32 Å². The fourth-order valence-corrected chi connectivity index (χ4v) is 3.51. The van der Waals surface area contributed by atoms with Gasteiger partial charge in [0.05, 0.1) is 18.6 Å². The summed E-state index contributed by atoms with van der Waals surface area (Å²) in [6.07, 6.45) is 1.41. The van der Waals surface area contributed by atoms with Gasteiger partial charge in [-0.15, -0.1) is 11.3 Å². The van der Waals surface area contributed by atoms with E-state index in [9.17, 15) is 18.8 Å². The molecule has 0 spiro atoms. The number of rotatable bonds is 8. The van der Waals surface area contributed by atoms with Gasteiger partial charge in [-0.05, 0) is 37.1 Å². The predicted molar refractivity (Wildman–Crippen MR) is 104 cm³/mol. The lowest BCUT2D eigenvalue weighted by Gasteiger charge is -2.07. The Morgan fingerprint density at radius 2 is 1.86 bits per heavy atom. The molecule has 0 aliphatic carbocycles. The van der Waals surface area contributed by atoms with Crippen LogP contribution in [0.1, 0.15) is 38.1 Å². The number of nitrogens with one attached hydrogen (secondary N) is 1. The maximum absolute atomic E-state index is 13.0. The fraction of sp³-hybridized carbons (Fsp3) is 0.250. The third kappa shape index (κ3) is 5.26. The standard InChI is InChI=1S/C20H20FNO5S/c1-4-10-27-20(25)17-12(3)16(19(24)26-5-2)18(28-17)22-15(23)11-13-6-8-14(21)9-7-13/h4,6-9H,1,5,10-11H2,2-3H3,(H,22,23). The topological polar surface area (TPSA) is 81.7 Å². The third-order valence-electron chi connectivity index (χ3n) is 3.67. The normalized spacial score (nSPS) is 10.2. The Balaban J connectivity index is 2.28. The molecule has 0 atom stereocenters. The monoisotopic (exact) mass is 405 g/mol. The zero-order chi connectivity index (χ0) is 20.7. The van der Waals surface area contributed by atoms with E-state index in [1.54, 1.807) is 13.8 Å². The van der Waals surface area contributed by atoms with Crippen LogP contribution in [0.3, 0.4) is 0 Å². The molecule has 0 saturated carbocycles. The van der Waals surface area contributed by atoms with Gasteiger partial charge in [0.1, 0.15) is 22.3 Å². The minimum Gasteiger partial charge on any atom is -0.462 e. The largest absolute Gasteiger partial charge is 0.462 e. The molecule has 0 unspecified atom stereocenters. The molecule has 0 saturated heterocycles. The van der Waals surface area contributed by atoms with E-state index in [0.29, 0.717) is 11.1 Å². The number of anilines is 1. The van der Waals surface area contributed by atoms with Crippen LogP contribution in [0.4, 0.5) is 9.39 Å². The molecular formula is C20H20FNO5S. The van der Waals surface area contributed by atoms with E-state index >= 15 is 0 Å². The highest BCUT2D eigenvalue weighted by Gasteiger charge is 2.27. The van der Waals surface area contributed by atoms with Gasteiger partial charge >= 0.3 is 11.9 Å². The van der Waals surface area contributed by atoms with E-state index < -0.39 is 23.7 Å². The molecule has 1 N–H and O–H groups in total. The molecule has 0 fully saturated rings. The van der Waals surface area contributed by atoms with Crippen molar-refractivity contribution in [1.82, 2.24) is 0 Å². The first-order valence-electron chi connectivity index (χ1n) is 8.50. The lowest BCUT2D eigenvalue weighted by Crippen LogP contribution is -2.16. The molecular weight excluding hydrogens is 385 g/mol. The molecule has 28 heavy (non-hydrogen) atoms. The summed E-state index contributed by atoms with van der Waals surface area (Å²) in [6, 6.07) is 5.52. The molecule has 1 aromatic heterocycles. The van der Waals surface area contributed by atoms with Gasteiger partial charge in [0.25, 0.3) is 0 Å². The third-order valence-corrected chi connectivity index (χ3v) is 4.86. The maximum Gasteiger partial charge on any atom is 0.348 e. The molecule has 2 aromatic rings. The lowest BCUT2D eigenvalue weighted by atomic mass is 10.1. The lowest BCUT2D eigenvalue weighted by molar-refractivity contribution is -0.115. The van der Waals surface area contributed by atoms with Crippen molar-refractivity contribution >= 4 is 34.2 Å². The Morgan fingerprint density at radius 1 is 1.18 bits per heavy atom. The molecule has 0 radical (unpaired) electrons. The summed E-state index contributed by atoms with van der Waals surface area (Å²) < 4.78 is 23.1. The van der Waals surface area contributed by atoms with Crippen LogP contribution in [0.25, 0.3) is 0 Å². The summed E-state index contributed by atoms with van der Waals surface area (Å²) in [6.45, 7) is 6.90. The second-order valence-electron chi connectivity index (χ2n) is 5.72. The van der Waals surface area contributed by atoms with Crippen molar-refractivity contribution in [3.05, 3.63) is 64.3 Å². The zero-order valence-electron chi connectivity index (χ0n) is 15.5. The average molecular weight is 405 g/mol. The van der Waals surface area contributed by atoms with Crippen LogP contribution in [-0.4, -0.2) is 31.1 Å². The number of carbonyl (C=O) groups is 3. The van der Waals surface area contributed by atoms with Crippen LogP contribution in [0, 0.1) is 12.7 Å². The van der Waals surface area contributed by atoms with E-state index in [0.717, 1.165) is 11.3 Å². The van der Waals surface area contributed by atoms with Crippen LogP contribution >= 0.6 is 11.3 Å². The fourth-order valence-electron chi connectivity index (χ4n) is 2.40. The van der Waals surface area contributed by atoms with Gasteiger partial charge in [-0.3, -0.25) is 4.79 Å². The molecule has 0 bridgehead atoms. The van der Waals surface area contributed by atoms with Crippen molar-refractivity contribution < 1.29 is 28.2 Å². The Bertz CT molecular complexity index is 889. The van der Waals surface area contributed by atoms with Gasteiger partial charge in [0, 0.05) is 0 Å². The zero-order valence-corrected chi connectivity index (χ0v) is 16.4. The molecule has 6 nitrogen and oxygen atoms in total. The highest BCUT2D eigenvalue weighted by molar-refractivity contribution is 7.18. The van der Waals surface area contributed by atoms with Crippen LogP contribution in [-0.2, 0) is 20.7 Å². The van der Waals surface area contributed by atoms with Gasteiger partial charge in [-0.2, -0.15) is 0 Å². The minimum atomic E-state index is -0.642. The number of hydrogen-bond donors (Lipinski definition) is 1. The van der Waals surface area contributed by atoms with Crippen molar-refractivity contribution in [2.24, 2.45) is 0 Å². The number of hydrogen-bond acceptors (Lipinski definition) is 6. The van der Waals surface area contributed by atoms with E-state index in [1.165, 1.54) is 30.3 Å². The van der Waals surface area contributed by atoms with Crippen molar-refractivity contribution in [2.75, 3.05) is 18.5 Å². The second kappa shape index (κ2) is 9.80. The van der Waals surface area contributed by atoms with Crippen molar-refractivity contribution in [2.45, 2.75) is 20.3 Å². The summed E-state index contributed by atoms with van der Waals surface area (Å²) in [5.74, 6) is -2.07. The van der Waals surface area contributed by atoms with Crippen LogP contribution in [0.15, 0.2) is 36.9 Å². The molecule has 8 heteroatoms. The predicted octanol–water partition coefficient (Wildman–Crippen LogP) is 3.90. The maximum atomic E-state index is 13.0. The highest BCUT2D eigenvalue weighted by Crippen LogP contribution is 2.34. The Labute approximate surface area is 166 Å². The average Bonchev–Trinajstić information content (AvgIpc) is 2.97.